The number of benzene rings is 1. The van der Waals surface area contributed by atoms with E-state index in [9.17, 15) is 13.5 Å². The second-order valence-corrected chi connectivity index (χ2v) is 6.17. The van der Waals surface area contributed by atoms with E-state index in [0.717, 1.165) is 10.7 Å². The van der Waals surface area contributed by atoms with Crippen LogP contribution in [0.2, 0.25) is 0 Å². The molecule has 1 aromatic carbocycles. The molecule has 0 aliphatic carbocycles. The molecule has 0 heterocycles. The molecule has 0 saturated heterocycles. The summed E-state index contributed by atoms with van der Waals surface area (Å²) in [6, 6.07) is 7.02. The van der Waals surface area contributed by atoms with Crippen LogP contribution in [-0.2, 0) is 9.84 Å². The summed E-state index contributed by atoms with van der Waals surface area (Å²) in [6.45, 7) is 0. The molecule has 0 bridgehead atoms. The number of hydrogen-bond donors (Lipinski definition) is 1. The van der Waals surface area contributed by atoms with Crippen molar-refractivity contribution in [2.45, 2.75) is 6.10 Å². The summed E-state index contributed by atoms with van der Waals surface area (Å²) in [5.74, 6) is -0.254. The molecule has 1 aromatic rings. The molecule has 0 aliphatic heterocycles. The Kier molecular flexibility index (Phi) is 3.69. The largest absolute Gasteiger partial charge is 0.387 e. The van der Waals surface area contributed by atoms with Crippen LogP contribution >= 0.6 is 15.9 Å². The minimum Gasteiger partial charge on any atom is -0.387 e. The van der Waals surface area contributed by atoms with Crippen LogP contribution in [-0.4, -0.2) is 25.5 Å². The van der Waals surface area contributed by atoms with E-state index in [1.165, 1.54) is 0 Å². The van der Waals surface area contributed by atoms with Gasteiger partial charge in [-0.1, -0.05) is 34.1 Å². The Balaban J connectivity index is 2.90. The van der Waals surface area contributed by atoms with Crippen molar-refractivity contribution in [2.24, 2.45) is 0 Å². The van der Waals surface area contributed by atoms with Crippen molar-refractivity contribution in [3.63, 3.8) is 0 Å². The van der Waals surface area contributed by atoms with Crippen LogP contribution in [0.1, 0.15) is 11.7 Å². The molecule has 0 amide bonds. The van der Waals surface area contributed by atoms with Gasteiger partial charge < -0.3 is 5.11 Å². The zero-order chi connectivity index (χ0) is 10.8. The molecule has 0 saturated carbocycles. The Morgan fingerprint density at radius 3 is 2.50 bits per heavy atom. The Hall–Kier alpha value is -0.390. The third-order valence-corrected chi connectivity index (χ3v) is 3.37. The molecule has 5 heteroatoms. The summed E-state index contributed by atoms with van der Waals surface area (Å²) in [5.41, 5.74) is 0.595. The molecule has 0 unspecified atom stereocenters. The first-order valence-corrected chi connectivity index (χ1v) is 6.86. The van der Waals surface area contributed by atoms with Gasteiger partial charge in [-0.25, -0.2) is 8.42 Å². The minimum absolute atomic E-state index is 0.254. The summed E-state index contributed by atoms with van der Waals surface area (Å²) in [6.07, 6.45) is 0.133. The normalized spacial score (nSPS) is 13.9. The van der Waals surface area contributed by atoms with E-state index in [2.05, 4.69) is 15.9 Å². The molecule has 0 aliphatic rings. The highest BCUT2D eigenvalue weighted by Gasteiger charge is 2.16. The van der Waals surface area contributed by atoms with Crippen LogP contribution in [0.15, 0.2) is 28.7 Å². The molecule has 0 spiro atoms. The van der Waals surface area contributed by atoms with Crippen molar-refractivity contribution >= 4 is 25.8 Å². The van der Waals surface area contributed by atoms with Gasteiger partial charge in [-0.05, 0) is 11.6 Å². The third kappa shape index (κ3) is 3.40. The van der Waals surface area contributed by atoms with Gasteiger partial charge in [-0.3, -0.25) is 0 Å². The predicted molar refractivity (Wildman–Crippen MR) is 58.8 cm³/mol. The van der Waals surface area contributed by atoms with Crippen molar-refractivity contribution in [3.8, 4) is 0 Å². The van der Waals surface area contributed by atoms with Crippen molar-refractivity contribution in [1.82, 2.24) is 0 Å². The fourth-order valence-electron chi connectivity index (χ4n) is 1.12. The first-order valence-electron chi connectivity index (χ1n) is 4.00. The Morgan fingerprint density at radius 2 is 2.00 bits per heavy atom. The fraction of sp³-hybridized carbons (Fsp3) is 0.333. The molecule has 14 heavy (non-hydrogen) atoms. The number of rotatable bonds is 3. The molecule has 1 rings (SSSR count). The van der Waals surface area contributed by atoms with Gasteiger partial charge in [0, 0.05) is 10.7 Å². The summed E-state index contributed by atoms with van der Waals surface area (Å²) in [7, 11) is -3.16. The van der Waals surface area contributed by atoms with Gasteiger partial charge >= 0.3 is 0 Å². The zero-order valence-corrected chi connectivity index (χ0v) is 10.0. The highest BCUT2D eigenvalue weighted by Crippen LogP contribution is 2.23. The molecule has 0 aromatic heterocycles. The Bertz CT molecular complexity index is 414. The highest BCUT2D eigenvalue weighted by atomic mass is 79.9. The molecule has 0 radical (unpaired) electrons. The zero-order valence-electron chi connectivity index (χ0n) is 7.64. The Morgan fingerprint density at radius 1 is 1.43 bits per heavy atom. The van der Waals surface area contributed by atoms with Gasteiger partial charge in [0.25, 0.3) is 0 Å². The standard InChI is InChI=1S/C9H11BrO3S/c1-14(12,13)6-9(11)7-4-2-3-5-8(7)10/h2-5,9,11H,6H2,1H3/t9-/m1/s1. The van der Waals surface area contributed by atoms with Crippen molar-refractivity contribution < 1.29 is 13.5 Å². The van der Waals surface area contributed by atoms with Gasteiger partial charge in [-0.2, -0.15) is 0 Å². The van der Waals surface area contributed by atoms with Crippen molar-refractivity contribution in [3.05, 3.63) is 34.3 Å². The number of aliphatic hydroxyl groups is 1. The first kappa shape index (κ1) is 11.7. The van der Waals surface area contributed by atoms with Gasteiger partial charge in [0.15, 0.2) is 0 Å². The van der Waals surface area contributed by atoms with E-state index in [1.807, 2.05) is 0 Å². The summed E-state index contributed by atoms with van der Waals surface area (Å²) >= 11 is 3.25. The van der Waals surface area contributed by atoms with E-state index in [-0.39, 0.29) is 5.75 Å². The monoisotopic (exact) mass is 278 g/mol. The van der Waals surface area contributed by atoms with E-state index in [1.54, 1.807) is 24.3 Å². The number of aliphatic hydroxyl groups excluding tert-OH is 1. The smallest absolute Gasteiger partial charge is 0.150 e. The van der Waals surface area contributed by atoms with E-state index >= 15 is 0 Å². The van der Waals surface area contributed by atoms with E-state index in [4.69, 9.17) is 0 Å². The average Bonchev–Trinajstić information content (AvgIpc) is 2.01. The van der Waals surface area contributed by atoms with E-state index < -0.39 is 15.9 Å². The van der Waals surface area contributed by atoms with Crippen LogP contribution in [0.4, 0.5) is 0 Å². The van der Waals surface area contributed by atoms with Gasteiger partial charge in [0.1, 0.15) is 9.84 Å². The lowest BCUT2D eigenvalue weighted by molar-refractivity contribution is 0.201. The quantitative estimate of drug-likeness (QED) is 0.912. The topological polar surface area (TPSA) is 54.4 Å². The van der Waals surface area contributed by atoms with Crippen LogP contribution in [0.25, 0.3) is 0 Å². The maximum atomic E-state index is 11.0. The molecular formula is C9H11BrO3S. The lowest BCUT2D eigenvalue weighted by Gasteiger charge is -2.11. The van der Waals surface area contributed by atoms with Crippen LogP contribution < -0.4 is 0 Å². The summed E-state index contributed by atoms with van der Waals surface area (Å²) in [4.78, 5) is 0. The maximum Gasteiger partial charge on any atom is 0.150 e. The van der Waals surface area contributed by atoms with Crippen molar-refractivity contribution in [1.29, 1.82) is 0 Å². The first-order chi connectivity index (χ1) is 6.40. The lowest BCUT2D eigenvalue weighted by Crippen LogP contribution is -2.13. The second kappa shape index (κ2) is 4.42. The molecule has 1 atom stereocenters. The maximum absolute atomic E-state index is 11.0. The van der Waals surface area contributed by atoms with Crippen LogP contribution in [0.3, 0.4) is 0 Å². The number of sulfone groups is 1. The highest BCUT2D eigenvalue weighted by molar-refractivity contribution is 9.10. The summed E-state index contributed by atoms with van der Waals surface area (Å²) in [5, 5.41) is 9.63. The lowest BCUT2D eigenvalue weighted by atomic mass is 10.1. The van der Waals surface area contributed by atoms with E-state index in [0.29, 0.717) is 5.56 Å². The molecule has 0 fully saturated rings. The molecule has 78 valence electrons. The van der Waals surface area contributed by atoms with Gasteiger partial charge in [0.05, 0.1) is 11.9 Å². The van der Waals surface area contributed by atoms with Crippen molar-refractivity contribution in [2.75, 3.05) is 12.0 Å². The van der Waals surface area contributed by atoms with Gasteiger partial charge in [0.2, 0.25) is 0 Å². The number of halogens is 1. The average molecular weight is 279 g/mol. The second-order valence-electron chi connectivity index (χ2n) is 3.13. The van der Waals surface area contributed by atoms with Crippen LogP contribution in [0, 0.1) is 0 Å². The molecular weight excluding hydrogens is 268 g/mol. The predicted octanol–water partition coefficient (Wildman–Crippen LogP) is 1.53. The fourth-order valence-corrected chi connectivity index (χ4v) is 2.42. The molecule has 1 N–H and O–H groups in total. The molecule has 3 nitrogen and oxygen atoms in total. The third-order valence-electron chi connectivity index (χ3n) is 1.72. The Labute approximate surface area is 91.8 Å². The summed E-state index contributed by atoms with van der Waals surface area (Å²) < 4.78 is 22.6. The minimum atomic E-state index is -3.16. The number of hydrogen-bond acceptors (Lipinski definition) is 3. The SMILES string of the molecule is CS(=O)(=O)C[C@@H](O)c1ccccc1Br. The van der Waals surface area contributed by atoms with Gasteiger partial charge in [-0.15, -0.1) is 0 Å². The van der Waals surface area contributed by atoms with Crippen LogP contribution in [0.5, 0.6) is 0 Å².